The Morgan fingerprint density at radius 2 is 1.75 bits per heavy atom. The van der Waals surface area contributed by atoms with Crippen LogP contribution in [0.1, 0.15) is 33.6 Å². The molecule has 72 valence electrons. The van der Waals surface area contributed by atoms with Gasteiger partial charge < -0.3 is 0 Å². The van der Waals surface area contributed by atoms with Crippen molar-refractivity contribution in [2.24, 2.45) is 5.84 Å². The van der Waals surface area contributed by atoms with Gasteiger partial charge in [-0.1, -0.05) is 0 Å². The second-order valence-corrected chi connectivity index (χ2v) is 4.60. The van der Waals surface area contributed by atoms with Gasteiger partial charge in [-0.05, 0) is 33.6 Å². The van der Waals surface area contributed by atoms with Crippen molar-refractivity contribution in [3.05, 3.63) is 0 Å². The van der Waals surface area contributed by atoms with Crippen molar-refractivity contribution in [1.29, 1.82) is 0 Å². The Morgan fingerprint density at radius 3 is 2.08 bits per heavy atom. The smallest absolute Gasteiger partial charge is 0.0234 e. The van der Waals surface area contributed by atoms with Crippen LogP contribution < -0.4 is 11.3 Å². The Hall–Kier alpha value is -0.120. The van der Waals surface area contributed by atoms with Crippen LogP contribution in [0.2, 0.25) is 0 Å². The maximum atomic E-state index is 5.39. The third-order valence-electron chi connectivity index (χ3n) is 2.68. The molecule has 1 aliphatic rings. The van der Waals surface area contributed by atoms with Gasteiger partial charge in [0.25, 0.3) is 0 Å². The van der Waals surface area contributed by atoms with Crippen molar-refractivity contribution in [2.75, 3.05) is 13.1 Å². The Balaban J connectivity index is 2.36. The first-order valence-corrected chi connectivity index (χ1v) is 4.75. The molecule has 12 heavy (non-hydrogen) atoms. The van der Waals surface area contributed by atoms with Crippen LogP contribution in [0.3, 0.4) is 0 Å². The average molecular weight is 171 g/mol. The van der Waals surface area contributed by atoms with Gasteiger partial charge >= 0.3 is 0 Å². The van der Waals surface area contributed by atoms with Crippen molar-refractivity contribution in [2.45, 2.75) is 45.2 Å². The van der Waals surface area contributed by atoms with E-state index in [1.807, 2.05) is 0 Å². The van der Waals surface area contributed by atoms with Crippen LogP contribution in [0.5, 0.6) is 0 Å². The second kappa shape index (κ2) is 3.73. The largest absolute Gasteiger partial charge is 0.298 e. The number of nitrogens with two attached hydrogens (primary N) is 1. The van der Waals surface area contributed by atoms with Gasteiger partial charge in [0.2, 0.25) is 0 Å². The van der Waals surface area contributed by atoms with Gasteiger partial charge in [0.1, 0.15) is 0 Å². The molecule has 0 radical (unpaired) electrons. The lowest BCUT2D eigenvalue weighted by Crippen LogP contribution is -2.51. The van der Waals surface area contributed by atoms with E-state index in [1.54, 1.807) is 0 Å². The molecule has 0 bridgehead atoms. The zero-order valence-corrected chi connectivity index (χ0v) is 8.43. The maximum absolute atomic E-state index is 5.39. The Morgan fingerprint density at radius 1 is 1.25 bits per heavy atom. The molecule has 0 spiro atoms. The molecule has 0 saturated carbocycles. The summed E-state index contributed by atoms with van der Waals surface area (Å²) < 4.78 is 0. The molecule has 1 saturated heterocycles. The molecule has 0 aromatic carbocycles. The monoisotopic (exact) mass is 171 g/mol. The van der Waals surface area contributed by atoms with Crippen LogP contribution in [0.4, 0.5) is 0 Å². The molecule has 1 heterocycles. The fourth-order valence-corrected chi connectivity index (χ4v) is 1.72. The van der Waals surface area contributed by atoms with E-state index in [1.165, 1.54) is 25.9 Å². The molecule has 3 heteroatoms. The Kier molecular flexibility index (Phi) is 3.09. The molecule has 1 aliphatic heterocycles. The van der Waals surface area contributed by atoms with Gasteiger partial charge in [-0.2, -0.15) is 0 Å². The predicted molar refractivity (Wildman–Crippen MR) is 51.7 cm³/mol. The number of hydrazine groups is 1. The molecular weight excluding hydrogens is 150 g/mol. The number of likely N-dealkylation sites (tertiary alicyclic amines) is 1. The zero-order chi connectivity index (χ0) is 9.19. The predicted octanol–water partition coefficient (Wildman–Crippen LogP) is 0.713. The molecule has 1 rings (SSSR count). The van der Waals surface area contributed by atoms with E-state index in [9.17, 15) is 0 Å². The number of nitrogens with one attached hydrogen (secondary N) is 1. The zero-order valence-electron chi connectivity index (χ0n) is 8.43. The van der Waals surface area contributed by atoms with Gasteiger partial charge in [0, 0.05) is 24.7 Å². The highest BCUT2D eigenvalue weighted by atomic mass is 15.3. The van der Waals surface area contributed by atoms with Crippen LogP contribution >= 0.6 is 0 Å². The van der Waals surface area contributed by atoms with E-state index >= 15 is 0 Å². The fraction of sp³-hybridized carbons (Fsp3) is 1.00. The minimum Gasteiger partial charge on any atom is -0.298 e. The van der Waals surface area contributed by atoms with E-state index in [2.05, 4.69) is 31.1 Å². The second-order valence-electron chi connectivity index (χ2n) is 4.60. The van der Waals surface area contributed by atoms with E-state index in [-0.39, 0.29) is 0 Å². The SMILES string of the molecule is CC(C)(C)N1CCC(NN)CC1. The minimum absolute atomic E-state index is 0.319. The van der Waals surface area contributed by atoms with Gasteiger partial charge in [0.05, 0.1) is 0 Å². The molecule has 0 amide bonds. The van der Waals surface area contributed by atoms with Crippen molar-refractivity contribution < 1.29 is 0 Å². The quantitative estimate of drug-likeness (QED) is 0.451. The summed E-state index contributed by atoms with van der Waals surface area (Å²) in [6, 6.07) is 0.531. The lowest BCUT2D eigenvalue weighted by atomic mass is 9.98. The van der Waals surface area contributed by atoms with Crippen LogP contribution in [-0.4, -0.2) is 29.6 Å². The topological polar surface area (TPSA) is 41.3 Å². The number of nitrogens with zero attached hydrogens (tertiary/aromatic N) is 1. The number of hydrogen-bond donors (Lipinski definition) is 2. The van der Waals surface area contributed by atoms with E-state index in [0.29, 0.717) is 11.6 Å². The number of hydrogen-bond acceptors (Lipinski definition) is 3. The van der Waals surface area contributed by atoms with Crippen molar-refractivity contribution >= 4 is 0 Å². The van der Waals surface area contributed by atoms with Crippen molar-refractivity contribution in [1.82, 2.24) is 10.3 Å². The Labute approximate surface area is 75.3 Å². The van der Waals surface area contributed by atoms with Crippen molar-refractivity contribution in [3.63, 3.8) is 0 Å². The average Bonchev–Trinajstić information content (AvgIpc) is 2.03. The first-order chi connectivity index (χ1) is 5.54. The molecular formula is C9H21N3. The highest BCUT2D eigenvalue weighted by molar-refractivity contribution is 4.83. The van der Waals surface area contributed by atoms with Crippen molar-refractivity contribution in [3.8, 4) is 0 Å². The van der Waals surface area contributed by atoms with Crippen LogP contribution in [-0.2, 0) is 0 Å². The molecule has 3 nitrogen and oxygen atoms in total. The summed E-state index contributed by atoms with van der Waals surface area (Å²) >= 11 is 0. The minimum atomic E-state index is 0.319. The van der Waals surface area contributed by atoms with Crippen LogP contribution in [0.25, 0.3) is 0 Å². The van der Waals surface area contributed by atoms with Crippen LogP contribution in [0.15, 0.2) is 0 Å². The highest BCUT2D eigenvalue weighted by Crippen LogP contribution is 2.19. The lowest BCUT2D eigenvalue weighted by Gasteiger charge is -2.40. The molecule has 1 fully saturated rings. The van der Waals surface area contributed by atoms with Gasteiger partial charge in [0.15, 0.2) is 0 Å². The summed E-state index contributed by atoms with van der Waals surface area (Å²) in [6.07, 6.45) is 2.35. The normalized spacial score (nSPS) is 23.0. The molecule has 0 atom stereocenters. The van der Waals surface area contributed by atoms with E-state index in [0.717, 1.165) is 0 Å². The van der Waals surface area contributed by atoms with Gasteiger partial charge in [-0.15, -0.1) is 0 Å². The Bertz CT molecular complexity index is 131. The van der Waals surface area contributed by atoms with Crippen LogP contribution in [0, 0.1) is 0 Å². The first-order valence-electron chi connectivity index (χ1n) is 4.75. The summed E-state index contributed by atoms with van der Waals surface area (Å²) in [5.74, 6) is 5.39. The summed E-state index contributed by atoms with van der Waals surface area (Å²) in [6.45, 7) is 9.13. The van der Waals surface area contributed by atoms with E-state index in [4.69, 9.17) is 5.84 Å². The molecule has 0 aromatic rings. The summed E-state index contributed by atoms with van der Waals surface area (Å²) in [4.78, 5) is 2.51. The number of piperidine rings is 1. The standard InChI is InChI=1S/C9H21N3/c1-9(2,3)12-6-4-8(11-10)5-7-12/h8,11H,4-7,10H2,1-3H3. The summed E-state index contributed by atoms with van der Waals surface area (Å²) in [5.41, 5.74) is 3.17. The molecule has 0 aliphatic carbocycles. The first kappa shape index (κ1) is 9.96. The van der Waals surface area contributed by atoms with E-state index < -0.39 is 0 Å². The molecule has 0 unspecified atom stereocenters. The third kappa shape index (κ3) is 2.44. The summed E-state index contributed by atoms with van der Waals surface area (Å²) in [5, 5.41) is 0. The fourth-order valence-electron chi connectivity index (χ4n) is 1.72. The van der Waals surface area contributed by atoms with Gasteiger partial charge in [-0.3, -0.25) is 16.2 Å². The third-order valence-corrected chi connectivity index (χ3v) is 2.68. The molecule has 0 aromatic heterocycles. The maximum Gasteiger partial charge on any atom is 0.0234 e. The highest BCUT2D eigenvalue weighted by Gasteiger charge is 2.25. The summed E-state index contributed by atoms with van der Waals surface area (Å²) in [7, 11) is 0. The van der Waals surface area contributed by atoms with Gasteiger partial charge in [-0.25, -0.2) is 0 Å². The lowest BCUT2D eigenvalue weighted by molar-refractivity contribution is 0.0964. The molecule has 3 N–H and O–H groups in total. The number of rotatable bonds is 1.